The smallest absolute Gasteiger partial charge is 0.221 e. The first-order valence-electron chi connectivity index (χ1n) is 6.18. The average molecular weight is 255 g/mol. The third-order valence-corrected chi connectivity index (χ3v) is 2.90. The van der Waals surface area contributed by atoms with Crippen LogP contribution in [0, 0.1) is 6.92 Å². The summed E-state index contributed by atoms with van der Waals surface area (Å²) >= 11 is 0. The lowest BCUT2D eigenvalue weighted by Gasteiger charge is -2.13. The monoisotopic (exact) mass is 255 g/mol. The Morgan fingerprint density at radius 1 is 1.11 bits per heavy atom. The number of rotatable bonds is 3. The van der Waals surface area contributed by atoms with E-state index in [0.717, 1.165) is 22.4 Å². The van der Waals surface area contributed by atoms with E-state index in [2.05, 4.69) is 5.32 Å². The maximum Gasteiger partial charge on any atom is 0.221 e. The molecule has 2 rings (SSSR count). The van der Waals surface area contributed by atoms with Gasteiger partial charge in [0.25, 0.3) is 0 Å². The Bertz CT molecular complexity index is 576. The van der Waals surface area contributed by atoms with Gasteiger partial charge in [-0.3, -0.25) is 4.79 Å². The fourth-order valence-corrected chi connectivity index (χ4v) is 1.98. The highest BCUT2D eigenvalue weighted by Crippen LogP contribution is 2.23. The van der Waals surface area contributed by atoms with Crippen molar-refractivity contribution in [1.82, 2.24) is 0 Å². The lowest BCUT2D eigenvalue weighted by atomic mass is 10.00. The van der Waals surface area contributed by atoms with Crippen LogP contribution in [0.25, 0.3) is 0 Å². The Morgan fingerprint density at radius 2 is 1.79 bits per heavy atom. The molecule has 0 saturated carbocycles. The number of benzene rings is 2. The summed E-state index contributed by atoms with van der Waals surface area (Å²) in [5.41, 5.74) is 3.52. The molecule has 0 aliphatic heterocycles. The van der Waals surface area contributed by atoms with Gasteiger partial charge in [0.1, 0.15) is 6.10 Å². The number of anilines is 1. The highest BCUT2D eigenvalue weighted by atomic mass is 16.3. The number of carbonyl (C=O) groups excluding carboxylic acids is 1. The molecule has 3 nitrogen and oxygen atoms in total. The van der Waals surface area contributed by atoms with Crippen molar-refractivity contribution in [3.8, 4) is 0 Å². The molecule has 2 aromatic rings. The summed E-state index contributed by atoms with van der Waals surface area (Å²) in [6.45, 7) is 3.46. The molecule has 1 amide bonds. The van der Waals surface area contributed by atoms with Gasteiger partial charge in [0, 0.05) is 12.6 Å². The fourth-order valence-electron chi connectivity index (χ4n) is 1.98. The van der Waals surface area contributed by atoms with E-state index in [0.29, 0.717) is 0 Å². The second-order valence-electron chi connectivity index (χ2n) is 4.62. The van der Waals surface area contributed by atoms with E-state index in [4.69, 9.17) is 0 Å². The van der Waals surface area contributed by atoms with Gasteiger partial charge in [-0.1, -0.05) is 42.0 Å². The molecule has 98 valence electrons. The van der Waals surface area contributed by atoms with Crippen molar-refractivity contribution in [2.24, 2.45) is 0 Å². The molecule has 19 heavy (non-hydrogen) atoms. The van der Waals surface area contributed by atoms with Crippen LogP contribution in [0.15, 0.2) is 48.5 Å². The standard InChI is InChI=1S/C16H17NO2/c1-11-4-3-5-14(10-11)16(19)13-6-8-15(9-7-13)17-12(2)18/h3-10,16,19H,1-2H3,(H,17,18). The largest absolute Gasteiger partial charge is 0.384 e. The lowest BCUT2D eigenvalue weighted by Crippen LogP contribution is -2.06. The molecule has 0 saturated heterocycles. The molecule has 1 atom stereocenters. The van der Waals surface area contributed by atoms with Gasteiger partial charge in [-0.15, -0.1) is 0 Å². The zero-order valence-corrected chi connectivity index (χ0v) is 11.1. The zero-order chi connectivity index (χ0) is 13.8. The molecule has 0 aliphatic carbocycles. The van der Waals surface area contributed by atoms with Gasteiger partial charge in [0.2, 0.25) is 5.91 Å². The number of hydrogen-bond acceptors (Lipinski definition) is 2. The zero-order valence-electron chi connectivity index (χ0n) is 11.1. The van der Waals surface area contributed by atoms with E-state index in [1.165, 1.54) is 6.92 Å². The maximum absolute atomic E-state index is 10.9. The minimum absolute atomic E-state index is 0.105. The number of nitrogens with one attached hydrogen (secondary N) is 1. The van der Waals surface area contributed by atoms with Crippen molar-refractivity contribution in [3.63, 3.8) is 0 Å². The van der Waals surface area contributed by atoms with Crippen LogP contribution in [0.5, 0.6) is 0 Å². The summed E-state index contributed by atoms with van der Waals surface area (Å²) in [6.07, 6.45) is -0.647. The minimum Gasteiger partial charge on any atom is -0.384 e. The molecular formula is C16H17NO2. The van der Waals surface area contributed by atoms with Crippen LogP contribution in [0.3, 0.4) is 0 Å². The Labute approximate surface area is 112 Å². The van der Waals surface area contributed by atoms with Crippen molar-refractivity contribution in [3.05, 3.63) is 65.2 Å². The van der Waals surface area contributed by atoms with Crippen molar-refractivity contribution in [1.29, 1.82) is 0 Å². The van der Waals surface area contributed by atoms with Crippen molar-refractivity contribution in [2.45, 2.75) is 20.0 Å². The van der Waals surface area contributed by atoms with Gasteiger partial charge in [-0.25, -0.2) is 0 Å². The van der Waals surface area contributed by atoms with Crippen molar-refractivity contribution >= 4 is 11.6 Å². The molecule has 0 fully saturated rings. The van der Waals surface area contributed by atoms with Crippen molar-refractivity contribution in [2.75, 3.05) is 5.32 Å². The van der Waals surface area contributed by atoms with Crippen LogP contribution in [-0.2, 0) is 4.79 Å². The SMILES string of the molecule is CC(=O)Nc1ccc(C(O)c2cccc(C)c2)cc1. The second kappa shape index (κ2) is 5.67. The highest BCUT2D eigenvalue weighted by Gasteiger charge is 2.10. The fraction of sp³-hybridized carbons (Fsp3) is 0.188. The number of aryl methyl sites for hydroxylation is 1. The van der Waals surface area contributed by atoms with E-state index in [9.17, 15) is 9.90 Å². The van der Waals surface area contributed by atoms with Crippen LogP contribution in [-0.4, -0.2) is 11.0 Å². The molecule has 0 aliphatic rings. The van der Waals surface area contributed by atoms with Gasteiger partial charge in [0.15, 0.2) is 0 Å². The van der Waals surface area contributed by atoms with E-state index in [-0.39, 0.29) is 5.91 Å². The number of amides is 1. The summed E-state index contributed by atoms with van der Waals surface area (Å²) in [7, 11) is 0. The third-order valence-electron chi connectivity index (χ3n) is 2.90. The summed E-state index contributed by atoms with van der Waals surface area (Å²) in [5.74, 6) is -0.105. The Morgan fingerprint density at radius 3 is 2.37 bits per heavy atom. The average Bonchev–Trinajstić information content (AvgIpc) is 2.38. The Balaban J connectivity index is 2.20. The minimum atomic E-state index is -0.647. The first-order valence-corrected chi connectivity index (χ1v) is 6.18. The van der Waals surface area contributed by atoms with E-state index in [1.54, 1.807) is 12.1 Å². The first kappa shape index (κ1) is 13.3. The molecule has 0 bridgehead atoms. The molecule has 3 heteroatoms. The van der Waals surface area contributed by atoms with Crippen LogP contribution < -0.4 is 5.32 Å². The number of aliphatic hydroxyl groups is 1. The topological polar surface area (TPSA) is 49.3 Å². The Hall–Kier alpha value is -2.13. The van der Waals surface area contributed by atoms with Crippen molar-refractivity contribution < 1.29 is 9.90 Å². The van der Waals surface area contributed by atoms with E-state index in [1.807, 2.05) is 43.3 Å². The molecule has 2 N–H and O–H groups in total. The predicted octanol–water partition coefficient (Wildman–Crippen LogP) is 3.04. The number of aliphatic hydroxyl groups excluding tert-OH is 1. The van der Waals surface area contributed by atoms with Gasteiger partial charge in [-0.2, -0.15) is 0 Å². The lowest BCUT2D eigenvalue weighted by molar-refractivity contribution is -0.114. The molecule has 2 aromatic carbocycles. The molecule has 1 unspecified atom stereocenters. The van der Waals surface area contributed by atoms with E-state index >= 15 is 0 Å². The number of hydrogen-bond donors (Lipinski definition) is 2. The molecule has 0 heterocycles. The summed E-state index contributed by atoms with van der Waals surface area (Å²) in [4.78, 5) is 10.9. The molecule has 0 aromatic heterocycles. The second-order valence-corrected chi connectivity index (χ2v) is 4.62. The predicted molar refractivity (Wildman–Crippen MR) is 76.0 cm³/mol. The third kappa shape index (κ3) is 3.42. The first-order chi connectivity index (χ1) is 9.06. The summed E-state index contributed by atoms with van der Waals surface area (Å²) in [6, 6.07) is 15.0. The van der Waals surface area contributed by atoms with Crippen LogP contribution in [0.2, 0.25) is 0 Å². The van der Waals surface area contributed by atoms with Crippen LogP contribution in [0.1, 0.15) is 29.7 Å². The quantitative estimate of drug-likeness (QED) is 0.885. The normalized spacial score (nSPS) is 11.9. The molecule has 0 radical (unpaired) electrons. The van der Waals surface area contributed by atoms with E-state index < -0.39 is 6.10 Å². The van der Waals surface area contributed by atoms with Crippen LogP contribution >= 0.6 is 0 Å². The van der Waals surface area contributed by atoms with Crippen LogP contribution in [0.4, 0.5) is 5.69 Å². The maximum atomic E-state index is 10.9. The molecule has 0 spiro atoms. The Kier molecular flexibility index (Phi) is 3.97. The van der Waals surface area contributed by atoms with Gasteiger partial charge < -0.3 is 10.4 Å². The molecular weight excluding hydrogens is 238 g/mol. The highest BCUT2D eigenvalue weighted by molar-refractivity contribution is 5.88. The van der Waals surface area contributed by atoms with Gasteiger partial charge >= 0.3 is 0 Å². The number of carbonyl (C=O) groups is 1. The van der Waals surface area contributed by atoms with Gasteiger partial charge in [-0.05, 0) is 30.2 Å². The summed E-state index contributed by atoms with van der Waals surface area (Å²) in [5, 5.41) is 13.0. The summed E-state index contributed by atoms with van der Waals surface area (Å²) < 4.78 is 0. The van der Waals surface area contributed by atoms with Gasteiger partial charge in [0.05, 0.1) is 0 Å².